The Labute approximate surface area is 177 Å². The van der Waals surface area contributed by atoms with Gasteiger partial charge in [-0.2, -0.15) is 18.3 Å². The molecule has 2 aromatic rings. The van der Waals surface area contributed by atoms with Gasteiger partial charge in [0.2, 0.25) is 11.8 Å². The van der Waals surface area contributed by atoms with Crippen LogP contribution in [0.3, 0.4) is 0 Å². The van der Waals surface area contributed by atoms with Crippen LogP contribution in [0.5, 0.6) is 11.5 Å². The zero-order valence-electron chi connectivity index (χ0n) is 17.0. The lowest BCUT2D eigenvalue weighted by Gasteiger charge is -2.11. The number of ether oxygens (including phenoxy) is 2. The molecule has 0 saturated carbocycles. The number of methoxy groups -OCH3 is 1. The number of para-hydroxylation sites is 1. The van der Waals surface area contributed by atoms with Gasteiger partial charge in [0.05, 0.1) is 25.5 Å². The van der Waals surface area contributed by atoms with E-state index in [2.05, 4.69) is 15.8 Å². The van der Waals surface area contributed by atoms with E-state index in [1.807, 2.05) is 6.92 Å². The van der Waals surface area contributed by atoms with Gasteiger partial charge in [0.15, 0.2) is 11.5 Å². The Balaban J connectivity index is 1.87. The molecule has 0 heterocycles. The molecule has 0 radical (unpaired) electrons. The van der Waals surface area contributed by atoms with Crippen LogP contribution in [0, 0.1) is 0 Å². The van der Waals surface area contributed by atoms with Gasteiger partial charge in [-0.25, -0.2) is 5.43 Å². The summed E-state index contributed by atoms with van der Waals surface area (Å²) < 4.78 is 48.9. The van der Waals surface area contributed by atoms with E-state index in [0.717, 1.165) is 12.1 Å². The predicted octanol–water partition coefficient (Wildman–Crippen LogP) is 3.98. The summed E-state index contributed by atoms with van der Waals surface area (Å²) in [5, 5.41) is 6.18. The van der Waals surface area contributed by atoms with Crippen LogP contribution in [-0.4, -0.2) is 31.7 Å². The molecule has 10 heteroatoms. The number of benzene rings is 2. The molecular formula is C21H22F3N3O4. The smallest absolute Gasteiger partial charge is 0.416 e. The van der Waals surface area contributed by atoms with Crippen molar-refractivity contribution in [3.05, 3.63) is 53.6 Å². The maximum absolute atomic E-state index is 12.7. The number of carbonyl (C=O) groups is 2. The van der Waals surface area contributed by atoms with Crippen molar-refractivity contribution < 1.29 is 32.2 Å². The van der Waals surface area contributed by atoms with Crippen molar-refractivity contribution in [1.82, 2.24) is 5.43 Å². The van der Waals surface area contributed by atoms with Gasteiger partial charge >= 0.3 is 6.18 Å². The fraction of sp³-hybridized carbons (Fsp3) is 0.286. The normalized spacial score (nSPS) is 11.3. The fourth-order valence-corrected chi connectivity index (χ4v) is 2.55. The van der Waals surface area contributed by atoms with E-state index in [9.17, 15) is 22.8 Å². The topological polar surface area (TPSA) is 89.0 Å². The minimum atomic E-state index is -4.51. The van der Waals surface area contributed by atoms with Crippen LogP contribution in [0.2, 0.25) is 0 Å². The number of amides is 2. The Morgan fingerprint density at radius 2 is 1.81 bits per heavy atom. The summed E-state index contributed by atoms with van der Waals surface area (Å²) in [4.78, 5) is 23.8. The molecule has 0 aliphatic rings. The number of alkyl halides is 3. The van der Waals surface area contributed by atoms with E-state index in [1.165, 1.54) is 25.5 Å². The van der Waals surface area contributed by atoms with E-state index in [0.29, 0.717) is 23.7 Å². The van der Waals surface area contributed by atoms with Crippen molar-refractivity contribution in [3.8, 4) is 11.5 Å². The highest BCUT2D eigenvalue weighted by Crippen LogP contribution is 2.31. The minimum Gasteiger partial charge on any atom is -0.493 e. The first-order valence-corrected chi connectivity index (χ1v) is 9.33. The average Bonchev–Trinajstić information content (AvgIpc) is 2.73. The summed E-state index contributed by atoms with van der Waals surface area (Å²) in [6.45, 7) is 2.23. The van der Waals surface area contributed by atoms with E-state index in [-0.39, 0.29) is 18.5 Å². The molecule has 0 aromatic heterocycles. The molecule has 0 spiro atoms. The third kappa shape index (κ3) is 7.32. The van der Waals surface area contributed by atoms with Crippen LogP contribution >= 0.6 is 0 Å². The van der Waals surface area contributed by atoms with Crippen molar-refractivity contribution in [2.24, 2.45) is 5.10 Å². The Hall–Kier alpha value is -3.56. The summed E-state index contributed by atoms with van der Waals surface area (Å²) in [6, 6.07) is 9.45. The molecule has 0 saturated heterocycles. The van der Waals surface area contributed by atoms with Gasteiger partial charge in [0.25, 0.3) is 0 Å². The summed E-state index contributed by atoms with van der Waals surface area (Å²) in [5.74, 6) is -0.129. The van der Waals surface area contributed by atoms with Crippen LogP contribution in [0.25, 0.3) is 0 Å². The van der Waals surface area contributed by atoms with Crippen LogP contribution in [-0.2, 0) is 15.8 Å². The molecule has 2 rings (SSSR count). The highest BCUT2D eigenvalue weighted by Gasteiger charge is 2.30. The van der Waals surface area contributed by atoms with Crippen molar-refractivity contribution in [2.75, 3.05) is 19.0 Å². The quantitative estimate of drug-likeness (QED) is 0.459. The van der Waals surface area contributed by atoms with Gasteiger partial charge in [-0.1, -0.05) is 12.1 Å². The van der Waals surface area contributed by atoms with Crippen molar-refractivity contribution >= 4 is 23.7 Å². The molecule has 31 heavy (non-hydrogen) atoms. The van der Waals surface area contributed by atoms with E-state index >= 15 is 0 Å². The number of carbonyl (C=O) groups excluding carboxylic acids is 2. The largest absolute Gasteiger partial charge is 0.493 e. The van der Waals surface area contributed by atoms with Crippen molar-refractivity contribution in [2.45, 2.75) is 25.9 Å². The monoisotopic (exact) mass is 437 g/mol. The lowest BCUT2D eigenvalue weighted by molar-refractivity contribution is -0.137. The van der Waals surface area contributed by atoms with E-state index in [1.54, 1.807) is 18.2 Å². The lowest BCUT2D eigenvalue weighted by Crippen LogP contribution is -2.20. The van der Waals surface area contributed by atoms with Gasteiger partial charge in [0.1, 0.15) is 0 Å². The van der Waals surface area contributed by atoms with Gasteiger partial charge < -0.3 is 14.8 Å². The third-order valence-electron chi connectivity index (χ3n) is 3.96. The molecule has 0 aliphatic heterocycles. The number of hydrogen-bond acceptors (Lipinski definition) is 5. The highest BCUT2D eigenvalue weighted by atomic mass is 19.4. The standard InChI is InChI=1S/C21H22F3N3O4/c1-3-31-20-14(6-4-9-17(20)30-2)13-25-27-19(29)11-10-18(28)26-16-8-5-7-15(12-16)21(22,23)24/h4-9,12-13H,3,10-11H2,1-2H3,(H,26,28)(H,27,29). The Morgan fingerprint density at radius 1 is 1.10 bits per heavy atom. The minimum absolute atomic E-state index is 0.000248. The molecule has 2 amide bonds. The highest BCUT2D eigenvalue weighted by molar-refractivity contribution is 5.93. The van der Waals surface area contributed by atoms with Crippen LogP contribution < -0.4 is 20.2 Å². The Kier molecular flexibility index (Phi) is 8.42. The molecule has 0 fully saturated rings. The second kappa shape index (κ2) is 11.0. The predicted molar refractivity (Wildman–Crippen MR) is 109 cm³/mol. The number of nitrogens with one attached hydrogen (secondary N) is 2. The molecule has 2 aromatic carbocycles. The van der Waals surface area contributed by atoms with Crippen molar-refractivity contribution in [1.29, 1.82) is 0 Å². The molecule has 0 unspecified atom stereocenters. The number of halogens is 3. The number of anilines is 1. The van der Waals surface area contributed by atoms with Crippen LogP contribution in [0.4, 0.5) is 18.9 Å². The molecular weight excluding hydrogens is 415 g/mol. The zero-order valence-corrected chi connectivity index (χ0v) is 17.0. The van der Waals surface area contributed by atoms with Gasteiger partial charge in [-0.15, -0.1) is 0 Å². The van der Waals surface area contributed by atoms with Gasteiger partial charge in [-0.05, 0) is 37.3 Å². The number of nitrogens with zero attached hydrogens (tertiary/aromatic N) is 1. The van der Waals surface area contributed by atoms with Crippen molar-refractivity contribution in [3.63, 3.8) is 0 Å². The number of rotatable bonds is 9. The molecule has 0 atom stereocenters. The summed E-state index contributed by atoms with van der Waals surface area (Å²) >= 11 is 0. The van der Waals surface area contributed by atoms with E-state index < -0.39 is 23.6 Å². The Morgan fingerprint density at radius 3 is 2.48 bits per heavy atom. The zero-order chi connectivity index (χ0) is 22.9. The maximum atomic E-state index is 12.7. The van der Waals surface area contributed by atoms with Gasteiger partial charge in [0, 0.05) is 24.1 Å². The Bertz CT molecular complexity index is 946. The van der Waals surface area contributed by atoms with Crippen LogP contribution in [0.1, 0.15) is 30.9 Å². The van der Waals surface area contributed by atoms with Crippen LogP contribution in [0.15, 0.2) is 47.6 Å². The lowest BCUT2D eigenvalue weighted by atomic mass is 10.2. The SMILES string of the molecule is CCOc1c(C=NNC(=O)CCC(=O)Nc2cccc(C(F)(F)F)c2)cccc1OC. The maximum Gasteiger partial charge on any atom is 0.416 e. The second-order valence-electron chi connectivity index (χ2n) is 6.23. The third-order valence-corrected chi connectivity index (χ3v) is 3.96. The first-order valence-electron chi connectivity index (χ1n) is 9.33. The molecule has 166 valence electrons. The first-order chi connectivity index (χ1) is 14.7. The summed E-state index contributed by atoms with van der Waals surface area (Å²) in [7, 11) is 1.50. The molecule has 2 N–H and O–H groups in total. The fourth-order valence-electron chi connectivity index (χ4n) is 2.55. The molecule has 0 bridgehead atoms. The summed E-state index contributed by atoms with van der Waals surface area (Å²) in [5.41, 5.74) is 2.00. The number of hydrogen-bond donors (Lipinski definition) is 2. The molecule has 0 aliphatic carbocycles. The van der Waals surface area contributed by atoms with E-state index in [4.69, 9.17) is 9.47 Å². The molecule has 7 nitrogen and oxygen atoms in total. The van der Waals surface area contributed by atoms with Gasteiger partial charge in [-0.3, -0.25) is 9.59 Å². The number of hydrazone groups is 1. The first kappa shape index (κ1) is 23.7. The second-order valence-corrected chi connectivity index (χ2v) is 6.23. The summed E-state index contributed by atoms with van der Waals surface area (Å²) in [6.07, 6.45) is -3.54. The average molecular weight is 437 g/mol.